The highest BCUT2D eigenvalue weighted by Crippen LogP contribution is 2.11. The molecule has 2 aromatic heterocycles. The van der Waals surface area contributed by atoms with Crippen LogP contribution >= 0.6 is 15.9 Å². The molecular formula is C15H19BrN6. The number of hydrogen-bond donors (Lipinski definition) is 1. The molecule has 0 bridgehead atoms. The molecule has 1 fully saturated rings. The summed E-state index contributed by atoms with van der Waals surface area (Å²) in [6, 6.07) is 5.82. The van der Waals surface area contributed by atoms with Crippen LogP contribution in [0.5, 0.6) is 0 Å². The Hall–Kier alpha value is -1.73. The van der Waals surface area contributed by atoms with Crippen LogP contribution in [-0.2, 0) is 0 Å². The number of aromatic nitrogens is 3. The van der Waals surface area contributed by atoms with Gasteiger partial charge >= 0.3 is 0 Å². The molecule has 0 aromatic carbocycles. The van der Waals surface area contributed by atoms with Crippen LogP contribution in [0.1, 0.15) is 0 Å². The number of piperazine rings is 1. The minimum atomic E-state index is 0.833. The second-order valence-corrected chi connectivity index (χ2v) is 6.08. The zero-order chi connectivity index (χ0) is 15.2. The van der Waals surface area contributed by atoms with Crippen LogP contribution < -0.4 is 10.2 Å². The van der Waals surface area contributed by atoms with Crippen LogP contribution in [0.2, 0.25) is 0 Å². The van der Waals surface area contributed by atoms with Gasteiger partial charge in [-0.2, -0.15) is 0 Å². The van der Waals surface area contributed by atoms with E-state index in [2.05, 4.69) is 46.0 Å². The number of nitrogens with zero attached hydrogens (tertiary/aromatic N) is 5. The minimum Gasteiger partial charge on any atom is -0.369 e. The average Bonchev–Trinajstić information content (AvgIpc) is 2.58. The van der Waals surface area contributed by atoms with Gasteiger partial charge in [-0.15, -0.1) is 0 Å². The fraction of sp³-hybridized carbons (Fsp3) is 0.400. The van der Waals surface area contributed by atoms with Crippen molar-refractivity contribution in [1.82, 2.24) is 19.9 Å². The van der Waals surface area contributed by atoms with Crippen LogP contribution in [0.3, 0.4) is 0 Å². The SMILES string of the molecule is Brc1ccc(NCCN2CCN(c3ncccn3)CC2)nc1. The quantitative estimate of drug-likeness (QED) is 0.875. The van der Waals surface area contributed by atoms with E-state index in [-0.39, 0.29) is 0 Å². The van der Waals surface area contributed by atoms with E-state index in [4.69, 9.17) is 0 Å². The Morgan fingerprint density at radius 2 is 1.82 bits per heavy atom. The summed E-state index contributed by atoms with van der Waals surface area (Å²) < 4.78 is 0.998. The van der Waals surface area contributed by atoms with E-state index in [0.717, 1.165) is 55.5 Å². The topological polar surface area (TPSA) is 57.2 Å². The molecule has 116 valence electrons. The maximum Gasteiger partial charge on any atom is 0.225 e. The van der Waals surface area contributed by atoms with Gasteiger partial charge in [0.25, 0.3) is 0 Å². The van der Waals surface area contributed by atoms with Crippen molar-refractivity contribution in [2.24, 2.45) is 0 Å². The first kappa shape index (κ1) is 15.2. The van der Waals surface area contributed by atoms with Crippen LogP contribution in [-0.4, -0.2) is 59.1 Å². The first-order chi connectivity index (χ1) is 10.8. The fourth-order valence-electron chi connectivity index (χ4n) is 2.45. The van der Waals surface area contributed by atoms with Crippen molar-refractivity contribution in [2.75, 3.05) is 49.5 Å². The molecule has 0 radical (unpaired) electrons. The lowest BCUT2D eigenvalue weighted by Gasteiger charge is -2.34. The normalized spacial score (nSPS) is 15.8. The summed E-state index contributed by atoms with van der Waals surface area (Å²) in [6.07, 6.45) is 5.40. The van der Waals surface area contributed by atoms with Gasteiger partial charge in [0.15, 0.2) is 0 Å². The zero-order valence-corrected chi connectivity index (χ0v) is 13.9. The number of rotatable bonds is 5. The third kappa shape index (κ3) is 4.14. The predicted molar refractivity (Wildman–Crippen MR) is 91.1 cm³/mol. The Labute approximate surface area is 138 Å². The predicted octanol–water partition coefficient (Wildman–Crippen LogP) is 1.87. The summed E-state index contributed by atoms with van der Waals surface area (Å²) >= 11 is 3.39. The lowest BCUT2D eigenvalue weighted by atomic mass is 10.3. The summed E-state index contributed by atoms with van der Waals surface area (Å²) in [5.74, 6) is 1.75. The van der Waals surface area contributed by atoms with Gasteiger partial charge in [-0.3, -0.25) is 4.90 Å². The highest BCUT2D eigenvalue weighted by Gasteiger charge is 2.18. The van der Waals surface area contributed by atoms with Gasteiger partial charge in [-0.25, -0.2) is 15.0 Å². The lowest BCUT2D eigenvalue weighted by molar-refractivity contribution is 0.266. The van der Waals surface area contributed by atoms with Gasteiger partial charge in [-0.05, 0) is 34.1 Å². The smallest absolute Gasteiger partial charge is 0.225 e. The Balaban J connectivity index is 1.40. The molecule has 3 heterocycles. The second kappa shape index (κ2) is 7.51. The van der Waals surface area contributed by atoms with Crippen molar-refractivity contribution in [3.63, 3.8) is 0 Å². The van der Waals surface area contributed by atoms with Crippen molar-refractivity contribution in [3.05, 3.63) is 41.3 Å². The van der Waals surface area contributed by atoms with Crippen molar-refractivity contribution < 1.29 is 0 Å². The molecule has 0 amide bonds. The summed E-state index contributed by atoms with van der Waals surface area (Å²) in [6.45, 7) is 5.93. The van der Waals surface area contributed by atoms with E-state index in [1.807, 2.05) is 18.2 Å². The number of halogens is 1. The largest absolute Gasteiger partial charge is 0.369 e. The number of nitrogens with one attached hydrogen (secondary N) is 1. The molecule has 0 aliphatic carbocycles. The van der Waals surface area contributed by atoms with Crippen molar-refractivity contribution in [3.8, 4) is 0 Å². The van der Waals surface area contributed by atoms with Crippen molar-refractivity contribution in [2.45, 2.75) is 0 Å². The molecule has 1 aliphatic rings. The van der Waals surface area contributed by atoms with E-state index in [1.165, 1.54) is 0 Å². The van der Waals surface area contributed by atoms with Gasteiger partial charge in [-0.1, -0.05) is 0 Å². The molecule has 6 nitrogen and oxygen atoms in total. The molecule has 1 aliphatic heterocycles. The molecule has 0 unspecified atom stereocenters. The van der Waals surface area contributed by atoms with Gasteiger partial charge in [0.2, 0.25) is 5.95 Å². The third-order valence-corrected chi connectivity index (χ3v) is 4.14. The lowest BCUT2D eigenvalue weighted by Crippen LogP contribution is -2.48. The van der Waals surface area contributed by atoms with Crippen molar-refractivity contribution in [1.29, 1.82) is 0 Å². The summed E-state index contributed by atoms with van der Waals surface area (Å²) in [5, 5.41) is 3.35. The molecule has 1 saturated heterocycles. The van der Waals surface area contributed by atoms with Gasteiger partial charge in [0.1, 0.15) is 5.82 Å². The van der Waals surface area contributed by atoms with Crippen LogP contribution in [0, 0.1) is 0 Å². The molecule has 0 saturated carbocycles. The van der Waals surface area contributed by atoms with Gasteiger partial charge in [0.05, 0.1) is 0 Å². The molecule has 1 N–H and O–H groups in total. The molecular weight excluding hydrogens is 344 g/mol. The number of hydrogen-bond acceptors (Lipinski definition) is 6. The Kier molecular flexibility index (Phi) is 5.18. The average molecular weight is 363 g/mol. The molecule has 3 rings (SSSR count). The maximum absolute atomic E-state index is 4.31. The van der Waals surface area contributed by atoms with E-state index in [0.29, 0.717) is 0 Å². The fourth-order valence-corrected chi connectivity index (χ4v) is 2.68. The number of pyridine rings is 1. The molecule has 0 spiro atoms. The first-order valence-corrected chi connectivity index (χ1v) is 8.20. The van der Waals surface area contributed by atoms with Crippen molar-refractivity contribution >= 4 is 27.7 Å². The monoisotopic (exact) mass is 362 g/mol. The van der Waals surface area contributed by atoms with E-state index < -0.39 is 0 Å². The van der Waals surface area contributed by atoms with E-state index >= 15 is 0 Å². The number of anilines is 2. The van der Waals surface area contributed by atoms with Crippen LogP contribution in [0.25, 0.3) is 0 Å². The summed E-state index contributed by atoms with van der Waals surface area (Å²) in [7, 11) is 0. The highest BCUT2D eigenvalue weighted by molar-refractivity contribution is 9.10. The highest BCUT2D eigenvalue weighted by atomic mass is 79.9. The third-order valence-electron chi connectivity index (χ3n) is 3.67. The van der Waals surface area contributed by atoms with E-state index in [1.54, 1.807) is 18.6 Å². The summed E-state index contributed by atoms with van der Waals surface area (Å²) in [5.41, 5.74) is 0. The minimum absolute atomic E-state index is 0.833. The molecule has 7 heteroatoms. The van der Waals surface area contributed by atoms with Gasteiger partial charge in [0, 0.05) is 62.3 Å². The standard InChI is InChI=1S/C15H19BrN6/c16-13-2-3-14(20-12-13)17-6-7-21-8-10-22(11-9-21)15-18-4-1-5-19-15/h1-5,12H,6-11H2,(H,17,20). The van der Waals surface area contributed by atoms with Crippen LogP contribution in [0.15, 0.2) is 41.3 Å². The maximum atomic E-state index is 4.31. The van der Waals surface area contributed by atoms with Gasteiger partial charge < -0.3 is 10.2 Å². The zero-order valence-electron chi connectivity index (χ0n) is 12.3. The molecule has 2 aromatic rings. The Morgan fingerprint density at radius 1 is 1.05 bits per heavy atom. The van der Waals surface area contributed by atoms with E-state index in [9.17, 15) is 0 Å². The Morgan fingerprint density at radius 3 is 2.50 bits per heavy atom. The summed E-state index contributed by atoms with van der Waals surface area (Å²) in [4.78, 5) is 17.6. The molecule has 0 atom stereocenters. The molecule has 22 heavy (non-hydrogen) atoms. The van der Waals surface area contributed by atoms with Crippen LogP contribution in [0.4, 0.5) is 11.8 Å². The first-order valence-electron chi connectivity index (χ1n) is 7.41. The second-order valence-electron chi connectivity index (χ2n) is 5.17. The Bertz CT molecular complexity index is 568.